The van der Waals surface area contributed by atoms with Crippen LogP contribution in [-0.4, -0.2) is 27.1 Å². The number of hydrogen-bond acceptors (Lipinski definition) is 4. The third kappa shape index (κ3) is 4.54. The minimum atomic E-state index is -0.480. The summed E-state index contributed by atoms with van der Waals surface area (Å²) in [5.74, 6) is -0.574. The van der Waals surface area contributed by atoms with Gasteiger partial charge in [-0.25, -0.2) is 13.9 Å². The second-order valence-corrected chi connectivity index (χ2v) is 7.52. The Morgan fingerprint density at radius 2 is 1.88 bits per heavy atom. The summed E-state index contributed by atoms with van der Waals surface area (Å²) in [6, 6.07) is 16.5. The number of aromatic amines is 1. The molecule has 1 atom stereocenters. The Bertz CT molecular complexity index is 1310. The first-order chi connectivity index (χ1) is 15.4. The van der Waals surface area contributed by atoms with Crippen LogP contribution in [0.25, 0.3) is 5.65 Å². The summed E-state index contributed by atoms with van der Waals surface area (Å²) in [7, 11) is 0. The molecule has 32 heavy (non-hydrogen) atoms. The highest BCUT2D eigenvalue weighted by Gasteiger charge is 2.19. The topological polar surface area (TPSA) is 88.5 Å². The molecule has 0 fully saturated rings. The first kappa shape index (κ1) is 21.3. The molecule has 0 saturated heterocycles. The molecule has 0 radical (unpaired) electrons. The van der Waals surface area contributed by atoms with Gasteiger partial charge in [-0.1, -0.05) is 42.5 Å². The van der Waals surface area contributed by atoms with Crippen molar-refractivity contribution < 1.29 is 13.9 Å². The number of rotatable bonds is 7. The molecule has 1 unspecified atom stereocenters. The smallest absolute Gasteiger partial charge is 0.266 e. The molecule has 0 bridgehead atoms. The molecule has 0 spiro atoms. The number of nitrogens with zero attached hydrogens (tertiary/aromatic N) is 2. The fraction of sp³-hybridized carbons (Fsp3) is 0.208. The van der Waals surface area contributed by atoms with Crippen molar-refractivity contribution >= 4 is 11.6 Å². The quantitative estimate of drug-likeness (QED) is 0.467. The summed E-state index contributed by atoms with van der Waals surface area (Å²) < 4.78 is 21.2. The molecule has 1 amide bonds. The maximum atomic E-state index is 14.0. The zero-order valence-electron chi connectivity index (χ0n) is 17.8. The lowest BCUT2D eigenvalue weighted by molar-refractivity contribution is -0.121. The standard InChI is InChI=1S/C24H23FN4O3/c1-15-18(16(2)29-22(26-15)13-24(31)28-29)12-23(30)27-20(17-8-4-3-5-9-17)14-32-21-11-7-6-10-19(21)25/h3-11,13,20H,12,14H2,1-2H3,(H,27,30)(H,28,31). The fourth-order valence-electron chi connectivity index (χ4n) is 3.66. The maximum Gasteiger partial charge on any atom is 0.266 e. The molecule has 2 N–H and O–H groups in total. The highest BCUT2D eigenvalue weighted by Crippen LogP contribution is 2.20. The number of amides is 1. The number of aryl methyl sites for hydroxylation is 2. The molecule has 0 aliphatic heterocycles. The lowest BCUT2D eigenvalue weighted by atomic mass is 10.1. The van der Waals surface area contributed by atoms with E-state index in [1.165, 1.54) is 12.1 Å². The summed E-state index contributed by atoms with van der Waals surface area (Å²) >= 11 is 0. The van der Waals surface area contributed by atoms with E-state index in [1.807, 2.05) is 44.2 Å². The Balaban J connectivity index is 1.54. The molecule has 0 aliphatic carbocycles. The normalized spacial score (nSPS) is 12.0. The SMILES string of the molecule is Cc1nc2cc(=O)[nH]n2c(C)c1CC(=O)NC(COc1ccccc1F)c1ccccc1. The summed E-state index contributed by atoms with van der Waals surface area (Å²) in [6.07, 6.45) is 0.0733. The second-order valence-electron chi connectivity index (χ2n) is 7.52. The predicted molar refractivity (Wildman–Crippen MR) is 118 cm³/mol. The van der Waals surface area contributed by atoms with Gasteiger partial charge in [0.2, 0.25) is 5.91 Å². The van der Waals surface area contributed by atoms with Crippen molar-refractivity contribution in [3.63, 3.8) is 0 Å². The van der Waals surface area contributed by atoms with E-state index in [9.17, 15) is 14.0 Å². The van der Waals surface area contributed by atoms with Crippen LogP contribution >= 0.6 is 0 Å². The Labute approximate surface area is 183 Å². The molecule has 4 rings (SSSR count). The van der Waals surface area contributed by atoms with Crippen LogP contribution in [0.1, 0.15) is 28.6 Å². The van der Waals surface area contributed by atoms with E-state index in [2.05, 4.69) is 15.4 Å². The Kier molecular flexibility index (Phi) is 6.02. The number of aromatic nitrogens is 3. The van der Waals surface area contributed by atoms with Gasteiger partial charge < -0.3 is 10.1 Å². The molecule has 0 saturated carbocycles. The first-order valence-electron chi connectivity index (χ1n) is 10.2. The van der Waals surface area contributed by atoms with Crippen molar-refractivity contribution in [3.05, 3.63) is 99.3 Å². The van der Waals surface area contributed by atoms with E-state index in [1.54, 1.807) is 22.7 Å². The average Bonchev–Trinajstić information content (AvgIpc) is 3.16. The molecular weight excluding hydrogens is 411 g/mol. The van der Waals surface area contributed by atoms with E-state index in [4.69, 9.17) is 4.74 Å². The molecule has 4 aromatic rings. The van der Waals surface area contributed by atoms with Gasteiger partial charge in [-0.05, 0) is 31.5 Å². The number of fused-ring (bicyclic) bond motifs is 1. The maximum absolute atomic E-state index is 14.0. The molecule has 0 aliphatic rings. The second kappa shape index (κ2) is 9.05. The van der Waals surface area contributed by atoms with Crippen LogP contribution in [0.15, 0.2) is 65.5 Å². The number of hydrogen-bond donors (Lipinski definition) is 2. The molecule has 8 heteroatoms. The Hall–Kier alpha value is -3.94. The van der Waals surface area contributed by atoms with E-state index in [-0.39, 0.29) is 30.2 Å². The Morgan fingerprint density at radius 1 is 1.16 bits per heavy atom. The van der Waals surface area contributed by atoms with Gasteiger partial charge in [-0.3, -0.25) is 14.7 Å². The molecule has 2 heterocycles. The lowest BCUT2D eigenvalue weighted by Crippen LogP contribution is -2.34. The number of carbonyl (C=O) groups excluding carboxylic acids is 1. The third-order valence-electron chi connectivity index (χ3n) is 5.32. The zero-order chi connectivity index (χ0) is 22.7. The molecule has 2 aromatic heterocycles. The van der Waals surface area contributed by atoms with Crippen molar-refractivity contribution in [2.24, 2.45) is 0 Å². The van der Waals surface area contributed by atoms with Gasteiger partial charge in [0.15, 0.2) is 17.2 Å². The number of halogens is 1. The van der Waals surface area contributed by atoms with E-state index in [0.29, 0.717) is 11.3 Å². The summed E-state index contributed by atoms with van der Waals surface area (Å²) in [4.78, 5) is 29.1. The van der Waals surface area contributed by atoms with Crippen LogP contribution in [0, 0.1) is 19.7 Å². The highest BCUT2D eigenvalue weighted by molar-refractivity contribution is 5.79. The third-order valence-corrected chi connectivity index (χ3v) is 5.32. The monoisotopic (exact) mass is 434 g/mol. The van der Waals surface area contributed by atoms with Gasteiger partial charge in [0.1, 0.15) is 6.61 Å². The zero-order valence-corrected chi connectivity index (χ0v) is 17.8. The van der Waals surface area contributed by atoms with Crippen LogP contribution < -0.4 is 15.6 Å². The van der Waals surface area contributed by atoms with Gasteiger partial charge >= 0.3 is 0 Å². The lowest BCUT2D eigenvalue weighted by Gasteiger charge is -2.21. The van der Waals surface area contributed by atoms with Gasteiger partial charge in [-0.2, -0.15) is 0 Å². The van der Waals surface area contributed by atoms with Crippen LogP contribution in [0.5, 0.6) is 5.75 Å². The molecule has 7 nitrogen and oxygen atoms in total. The van der Waals surface area contributed by atoms with Crippen LogP contribution in [0.4, 0.5) is 4.39 Å². The van der Waals surface area contributed by atoms with Gasteiger partial charge in [0.05, 0.1) is 12.5 Å². The van der Waals surface area contributed by atoms with Crippen molar-refractivity contribution in [2.45, 2.75) is 26.3 Å². The number of ether oxygens (including phenoxy) is 1. The van der Waals surface area contributed by atoms with E-state index in [0.717, 1.165) is 16.8 Å². The Morgan fingerprint density at radius 3 is 2.62 bits per heavy atom. The van der Waals surface area contributed by atoms with Gasteiger partial charge in [-0.15, -0.1) is 0 Å². The van der Waals surface area contributed by atoms with Crippen LogP contribution in [0.2, 0.25) is 0 Å². The summed E-state index contributed by atoms with van der Waals surface area (Å²) in [5, 5.41) is 5.67. The molecule has 164 valence electrons. The van der Waals surface area contributed by atoms with Crippen molar-refractivity contribution in [2.75, 3.05) is 6.61 Å². The number of benzene rings is 2. The van der Waals surface area contributed by atoms with Crippen LogP contribution in [0.3, 0.4) is 0 Å². The van der Waals surface area contributed by atoms with Crippen molar-refractivity contribution in [1.29, 1.82) is 0 Å². The minimum absolute atomic E-state index is 0.0663. The number of nitrogens with one attached hydrogen (secondary N) is 2. The predicted octanol–water partition coefficient (Wildman–Crippen LogP) is 3.26. The average molecular weight is 434 g/mol. The minimum Gasteiger partial charge on any atom is -0.488 e. The summed E-state index contributed by atoms with van der Waals surface area (Å²) in [6.45, 7) is 3.70. The van der Waals surface area contributed by atoms with Crippen molar-refractivity contribution in [1.82, 2.24) is 19.9 Å². The van der Waals surface area contributed by atoms with E-state index < -0.39 is 11.9 Å². The van der Waals surface area contributed by atoms with Gasteiger partial charge in [0, 0.05) is 23.0 Å². The number of carbonyl (C=O) groups is 1. The molecular formula is C24H23FN4O3. The van der Waals surface area contributed by atoms with Gasteiger partial charge in [0.25, 0.3) is 5.56 Å². The number of H-pyrrole nitrogens is 1. The van der Waals surface area contributed by atoms with E-state index >= 15 is 0 Å². The molecule has 2 aromatic carbocycles. The fourth-order valence-corrected chi connectivity index (χ4v) is 3.66. The van der Waals surface area contributed by atoms with Crippen LogP contribution in [-0.2, 0) is 11.2 Å². The van der Waals surface area contributed by atoms with Crippen molar-refractivity contribution in [3.8, 4) is 5.75 Å². The highest BCUT2D eigenvalue weighted by atomic mass is 19.1. The summed E-state index contributed by atoms with van der Waals surface area (Å²) in [5.41, 5.74) is 3.24. The first-order valence-corrected chi connectivity index (χ1v) is 10.2. The number of para-hydroxylation sites is 1. The largest absolute Gasteiger partial charge is 0.488 e.